The number of piperidine rings is 1. The minimum absolute atomic E-state index is 0.00862. The summed E-state index contributed by atoms with van der Waals surface area (Å²) in [5, 5.41) is 0. The summed E-state index contributed by atoms with van der Waals surface area (Å²) in [5.74, 6) is 1.64. The van der Waals surface area contributed by atoms with Crippen molar-refractivity contribution in [1.82, 2.24) is 9.80 Å². The van der Waals surface area contributed by atoms with Crippen LogP contribution in [0.25, 0.3) is 0 Å². The Morgan fingerprint density at radius 1 is 1.22 bits per heavy atom. The predicted molar refractivity (Wildman–Crippen MR) is 104 cm³/mol. The highest BCUT2D eigenvalue weighted by molar-refractivity contribution is 5.98. The van der Waals surface area contributed by atoms with Gasteiger partial charge in [0.05, 0.1) is 17.6 Å². The molecule has 0 radical (unpaired) electrons. The zero-order chi connectivity index (χ0) is 18.9. The Kier molecular flexibility index (Phi) is 5.11. The van der Waals surface area contributed by atoms with E-state index in [0.29, 0.717) is 36.9 Å². The zero-order valence-corrected chi connectivity index (χ0v) is 16.3. The number of nitrogens with zero attached hydrogens (tertiary/aromatic N) is 2. The SMILES string of the molecule is CCCOc1ccccc1C(=O)N1CC[C@@]2(CCCN(CC3CC3)C2=O)C1. The molecule has 146 valence electrons. The lowest BCUT2D eigenvalue weighted by Gasteiger charge is -2.39. The summed E-state index contributed by atoms with van der Waals surface area (Å²) in [5.41, 5.74) is 0.253. The molecule has 0 unspecified atom stereocenters. The number of ether oxygens (including phenoxy) is 1. The van der Waals surface area contributed by atoms with E-state index in [1.165, 1.54) is 12.8 Å². The maximum atomic E-state index is 13.2. The van der Waals surface area contributed by atoms with Gasteiger partial charge in [-0.3, -0.25) is 9.59 Å². The fraction of sp³-hybridized carbons (Fsp3) is 0.636. The Morgan fingerprint density at radius 3 is 2.81 bits per heavy atom. The van der Waals surface area contributed by atoms with Crippen molar-refractivity contribution < 1.29 is 14.3 Å². The first-order valence-corrected chi connectivity index (χ1v) is 10.4. The van der Waals surface area contributed by atoms with Gasteiger partial charge < -0.3 is 14.5 Å². The van der Waals surface area contributed by atoms with E-state index >= 15 is 0 Å². The van der Waals surface area contributed by atoms with Crippen LogP contribution in [0.5, 0.6) is 5.75 Å². The zero-order valence-electron chi connectivity index (χ0n) is 16.3. The first-order chi connectivity index (χ1) is 13.1. The number of hydrogen-bond acceptors (Lipinski definition) is 3. The van der Waals surface area contributed by atoms with Crippen molar-refractivity contribution in [2.45, 2.75) is 45.4 Å². The fourth-order valence-electron chi connectivity index (χ4n) is 4.51. The Labute approximate surface area is 161 Å². The van der Waals surface area contributed by atoms with Crippen LogP contribution in [-0.2, 0) is 4.79 Å². The molecule has 5 nitrogen and oxygen atoms in total. The van der Waals surface area contributed by atoms with E-state index in [0.717, 1.165) is 38.8 Å². The fourth-order valence-corrected chi connectivity index (χ4v) is 4.51. The van der Waals surface area contributed by atoms with Crippen LogP contribution in [0, 0.1) is 11.3 Å². The van der Waals surface area contributed by atoms with E-state index < -0.39 is 0 Å². The summed E-state index contributed by atoms with van der Waals surface area (Å²) < 4.78 is 5.77. The van der Waals surface area contributed by atoms with Crippen LogP contribution in [-0.4, -0.2) is 54.4 Å². The van der Waals surface area contributed by atoms with Gasteiger partial charge in [0.15, 0.2) is 0 Å². The Bertz CT molecular complexity index is 715. The Hall–Kier alpha value is -2.04. The van der Waals surface area contributed by atoms with Crippen molar-refractivity contribution in [2.75, 3.05) is 32.8 Å². The molecule has 2 heterocycles. The number of benzene rings is 1. The van der Waals surface area contributed by atoms with E-state index in [2.05, 4.69) is 11.8 Å². The largest absolute Gasteiger partial charge is 0.493 e. The van der Waals surface area contributed by atoms with Crippen molar-refractivity contribution in [3.8, 4) is 5.75 Å². The van der Waals surface area contributed by atoms with Crippen molar-refractivity contribution in [1.29, 1.82) is 0 Å². The molecule has 1 aliphatic carbocycles. The van der Waals surface area contributed by atoms with E-state index in [4.69, 9.17) is 4.74 Å². The highest BCUT2D eigenvalue weighted by Gasteiger charge is 2.50. The molecular weight excluding hydrogens is 340 g/mol. The molecule has 1 saturated carbocycles. The summed E-state index contributed by atoms with van der Waals surface area (Å²) in [6.07, 6.45) is 6.17. The smallest absolute Gasteiger partial charge is 0.257 e. The molecule has 0 bridgehead atoms. The van der Waals surface area contributed by atoms with Crippen LogP contribution in [0.2, 0.25) is 0 Å². The van der Waals surface area contributed by atoms with Gasteiger partial charge >= 0.3 is 0 Å². The van der Waals surface area contributed by atoms with Crippen molar-refractivity contribution in [3.63, 3.8) is 0 Å². The van der Waals surface area contributed by atoms with Gasteiger partial charge in [-0.2, -0.15) is 0 Å². The van der Waals surface area contributed by atoms with Gasteiger partial charge in [-0.1, -0.05) is 19.1 Å². The molecular formula is C22H30N2O3. The quantitative estimate of drug-likeness (QED) is 0.772. The summed E-state index contributed by atoms with van der Waals surface area (Å²) in [7, 11) is 0. The Morgan fingerprint density at radius 2 is 2.04 bits per heavy atom. The third-order valence-corrected chi connectivity index (χ3v) is 6.22. The van der Waals surface area contributed by atoms with Crippen molar-refractivity contribution in [2.24, 2.45) is 11.3 Å². The van der Waals surface area contributed by atoms with Gasteiger partial charge in [0.25, 0.3) is 5.91 Å². The van der Waals surface area contributed by atoms with Crippen LogP contribution in [0.4, 0.5) is 0 Å². The molecule has 0 aromatic heterocycles. The second kappa shape index (κ2) is 7.53. The molecule has 5 heteroatoms. The number of para-hydroxylation sites is 1. The van der Waals surface area contributed by atoms with E-state index in [-0.39, 0.29) is 17.2 Å². The number of likely N-dealkylation sites (tertiary alicyclic amines) is 2. The predicted octanol–water partition coefficient (Wildman–Crippen LogP) is 3.34. The molecule has 1 atom stereocenters. The number of amides is 2. The number of hydrogen-bond donors (Lipinski definition) is 0. The topological polar surface area (TPSA) is 49.9 Å². The molecule has 0 N–H and O–H groups in total. The number of carbonyl (C=O) groups excluding carboxylic acids is 2. The van der Waals surface area contributed by atoms with E-state index in [1.54, 1.807) is 0 Å². The van der Waals surface area contributed by atoms with Crippen LogP contribution in [0.15, 0.2) is 24.3 Å². The lowest BCUT2D eigenvalue weighted by atomic mass is 9.78. The number of rotatable bonds is 6. The maximum Gasteiger partial charge on any atom is 0.257 e. The van der Waals surface area contributed by atoms with Gasteiger partial charge in [0, 0.05) is 26.2 Å². The van der Waals surface area contributed by atoms with E-state index in [1.807, 2.05) is 29.2 Å². The lowest BCUT2D eigenvalue weighted by molar-refractivity contribution is -0.145. The third-order valence-electron chi connectivity index (χ3n) is 6.22. The van der Waals surface area contributed by atoms with Gasteiger partial charge in [0.1, 0.15) is 5.75 Å². The highest BCUT2D eigenvalue weighted by atomic mass is 16.5. The van der Waals surface area contributed by atoms with Crippen LogP contribution in [0.1, 0.15) is 55.8 Å². The second-order valence-electron chi connectivity index (χ2n) is 8.40. The first kappa shape index (κ1) is 18.3. The average Bonchev–Trinajstić information content (AvgIpc) is 3.41. The number of carbonyl (C=O) groups is 2. The summed E-state index contributed by atoms with van der Waals surface area (Å²) >= 11 is 0. The minimum Gasteiger partial charge on any atom is -0.493 e. The van der Waals surface area contributed by atoms with Crippen molar-refractivity contribution >= 4 is 11.8 Å². The summed E-state index contributed by atoms with van der Waals surface area (Å²) in [6.45, 7) is 5.67. The van der Waals surface area contributed by atoms with E-state index in [9.17, 15) is 9.59 Å². The molecule has 2 amide bonds. The standard InChI is InChI=1S/C22H30N2O3/c1-2-14-27-19-7-4-3-6-18(19)20(25)24-13-11-22(16-24)10-5-12-23(21(22)26)15-17-8-9-17/h3-4,6-7,17H,2,5,8-16H2,1H3/t22-/m0/s1. The van der Waals surface area contributed by atoms with Crippen LogP contribution < -0.4 is 4.74 Å². The highest BCUT2D eigenvalue weighted by Crippen LogP contribution is 2.42. The van der Waals surface area contributed by atoms with Gasteiger partial charge in [-0.15, -0.1) is 0 Å². The maximum absolute atomic E-state index is 13.2. The molecule has 2 saturated heterocycles. The lowest BCUT2D eigenvalue weighted by Crippen LogP contribution is -2.50. The minimum atomic E-state index is -0.359. The second-order valence-corrected chi connectivity index (χ2v) is 8.40. The monoisotopic (exact) mass is 370 g/mol. The normalized spacial score (nSPS) is 25.3. The molecule has 3 fully saturated rings. The summed E-state index contributed by atoms with van der Waals surface area (Å²) in [6, 6.07) is 7.47. The van der Waals surface area contributed by atoms with Crippen molar-refractivity contribution in [3.05, 3.63) is 29.8 Å². The molecule has 2 aliphatic heterocycles. The third kappa shape index (κ3) is 3.69. The molecule has 1 aromatic carbocycles. The van der Waals surface area contributed by atoms with Crippen LogP contribution in [0.3, 0.4) is 0 Å². The van der Waals surface area contributed by atoms with Gasteiger partial charge in [-0.05, 0) is 56.6 Å². The molecule has 1 spiro atoms. The van der Waals surface area contributed by atoms with Gasteiger partial charge in [-0.25, -0.2) is 0 Å². The summed E-state index contributed by atoms with van der Waals surface area (Å²) in [4.78, 5) is 30.3. The Balaban J connectivity index is 1.47. The molecule has 27 heavy (non-hydrogen) atoms. The first-order valence-electron chi connectivity index (χ1n) is 10.4. The molecule has 4 rings (SSSR count). The van der Waals surface area contributed by atoms with Gasteiger partial charge in [0.2, 0.25) is 5.91 Å². The average molecular weight is 370 g/mol. The van der Waals surface area contributed by atoms with Crippen LogP contribution >= 0.6 is 0 Å². The molecule has 3 aliphatic rings. The molecule has 1 aromatic rings.